The predicted octanol–water partition coefficient (Wildman–Crippen LogP) is 2.46. The molecule has 0 aromatic carbocycles. The summed E-state index contributed by atoms with van der Waals surface area (Å²) in [5.41, 5.74) is 0. The van der Waals surface area contributed by atoms with E-state index >= 15 is 0 Å². The second-order valence-corrected chi connectivity index (χ2v) is 5.36. The van der Waals surface area contributed by atoms with Gasteiger partial charge in [-0.3, -0.25) is 0 Å². The van der Waals surface area contributed by atoms with Crippen molar-refractivity contribution < 1.29 is 5.11 Å². The van der Waals surface area contributed by atoms with Crippen molar-refractivity contribution in [2.75, 3.05) is 6.54 Å². The molecule has 0 amide bonds. The summed E-state index contributed by atoms with van der Waals surface area (Å²) >= 11 is 0. The van der Waals surface area contributed by atoms with E-state index in [1.165, 1.54) is 57.8 Å². The molecule has 0 aromatic rings. The van der Waals surface area contributed by atoms with Crippen LogP contribution in [0.1, 0.15) is 57.8 Å². The van der Waals surface area contributed by atoms with Crippen LogP contribution >= 0.6 is 0 Å². The van der Waals surface area contributed by atoms with Gasteiger partial charge in [0.1, 0.15) is 0 Å². The third kappa shape index (κ3) is 3.46. The van der Waals surface area contributed by atoms with E-state index in [2.05, 4.69) is 5.32 Å². The lowest BCUT2D eigenvalue weighted by Crippen LogP contribution is -2.38. The molecule has 1 atom stereocenters. The summed E-state index contributed by atoms with van der Waals surface area (Å²) in [6, 6.07) is 0.697. The van der Waals surface area contributed by atoms with Crippen LogP contribution in [0.3, 0.4) is 0 Å². The quantitative estimate of drug-likeness (QED) is 0.748. The second-order valence-electron chi connectivity index (χ2n) is 5.36. The Morgan fingerprint density at radius 1 is 0.933 bits per heavy atom. The van der Waals surface area contributed by atoms with E-state index < -0.39 is 0 Å². The van der Waals surface area contributed by atoms with Crippen molar-refractivity contribution in [2.24, 2.45) is 5.92 Å². The molecule has 0 radical (unpaired) electrons. The third-order valence-electron chi connectivity index (χ3n) is 4.16. The predicted molar refractivity (Wildman–Crippen MR) is 62.8 cm³/mol. The van der Waals surface area contributed by atoms with Crippen molar-refractivity contribution in [3.05, 3.63) is 0 Å². The maximum Gasteiger partial charge on any atom is 0.0692 e. The first-order valence-corrected chi connectivity index (χ1v) is 6.78. The number of hydrogen-bond donors (Lipinski definition) is 2. The monoisotopic (exact) mass is 211 g/mol. The van der Waals surface area contributed by atoms with Gasteiger partial charge >= 0.3 is 0 Å². The average molecular weight is 211 g/mol. The van der Waals surface area contributed by atoms with Gasteiger partial charge in [-0.1, -0.05) is 32.1 Å². The molecule has 0 spiro atoms. The lowest BCUT2D eigenvalue weighted by Gasteiger charge is -2.27. The van der Waals surface area contributed by atoms with Gasteiger partial charge in [0.15, 0.2) is 0 Å². The molecule has 0 aromatic heterocycles. The zero-order chi connectivity index (χ0) is 10.5. The lowest BCUT2D eigenvalue weighted by atomic mass is 9.85. The first kappa shape index (κ1) is 11.4. The number of rotatable bonds is 4. The maximum atomic E-state index is 10.1. The van der Waals surface area contributed by atoms with E-state index in [-0.39, 0.29) is 6.10 Å². The standard InChI is InChI=1S/C13H25NO/c15-13(11-6-2-1-3-7-11)10-14-12-8-4-5-9-12/h11-15H,1-10H2. The van der Waals surface area contributed by atoms with Crippen molar-refractivity contribution in [3.8, 4) is 0 Å². The van der Waals surface area contributed by atoms with E-state index in [1.54, 1.807) is 0 Å². The van der Waals surface area contributed by atoms with Crippen LogP contribution in [0, 0.1) is 5.92 Å². The van der Waals surface area contributed by atoms with Gasteiger partial charge in [-0.25, -0.2) is 0 Å². The lowest BCUT2D eigenvalue weighted by molar-refractivity contribution is 0.0815. The molecule has 0 aliphatic heterocycles. The van der Waals surface area contributed by atoms with Gasteiger partial charge in [-0.15, -0.1) is 0 Å². The number of aliphatic hydroxyl groups excluding tert-OH is 1. The molecule has 2 aliphatic rings. The Bertz CT molecular complexity index is 171. The van der Waals surface area contributed by atoms with Gasteiger partial charge in [-0.2, -0.15) is 0 Å². The smallest absolute Gasteiger partial charge is 0.0692 e. The molecular formula is C13H25NO. The van der Waals surface area contributed by atoms with Crippen LogP contribution in [0.5, 0.6) is 0 Å². The number of nitrogens with one attached hydrogen (secondary N) is 1. The normalized spacial score (nSPS) is 27.0. The van der Waals surface area contributed by atoms with E-state index in [0.717, 1.165) is 6.54 Å². The third-order valence-corrected chi connectivity index (χ3v) is 4.16. The summed E-state index contributed by atoms with van der Waals surface area (Å²) in [5.74, 6) is 0.577. The summed E-state index contributed by atoms with van der Waals surface area (Å²) < 4.78 is 0. The molecule has 2 heteroatoms. The average Bonchev–Trinajstić information content (AvgIpc) is 2.80. The van der Waals surface area contributed by atoms with Gasteiger partial charge in [-0.05, 0) is 31.6 Å². The minimum Gasteiger partial charge on any atom is -0.392 e. The highest BCUT2D eigenvalue weighted by atomic mass is 16.3. The largest absolute Gasteiger partial charge is 0.392 e. The number of hydrogen-bond acceptors (Lipinski definition) is 2. The Morgan fingerprint density at radius 3 is 2.20 bits per heavy atom. The molecule has 2 nitrogen and oxygen atoms in total. The van der Waals surface area contributed by atoms with Crippen LogP contribution in [0.2, 0.25) is 0 Å². The summed E-state index contributed by atoms with van der Waals surface area (Å²) in [5, 5.41) is 13.6. The highest BCUT2D eigenvalue weighted by molar-refractivity contribution is 4.79. The molecule has 15 heavy (non-hydrogen) atoms. The molecule has 2 fully saturated rings. The van der Waals surface area contributed by atoms with Gasteiger partial charge in [0, 0.05) is 12.6 Å². The molecule has 0 heterocycles. The summed E-state index contributed by atoms with van der Waals surface area (Å²) in [7, 11) is 0. The summed E-state index contributed by atoms with van der Waals surface area (Å²) in [6.07, 6.45) is 11.8. The van der Waals surface area contributed by atoms with Crippen LogP contribution in [0.4, 0.5) is 0 Å². The molecule has 0 bridgehead atoms. The van der Waals surface area contributed by atoms with Crippen LogP contribution in [-0.2, 0) is 0 Å². The molecule has 2 aliphatic carbocycles. The molecule has 2 N–H and O–H groups in total. The molecule has 2 rings (SSSR count). The molecule has 1 unspecified atom stereocenters. The minimum atomic E-state index is -0.0918. The fourth-order valence-corrected chi connectivity index (χ4v) is 3.10. The van der Waals surface area contributed by atoms with E-state index in [4.69, 9.17) is 0 Å². The van der Waals surface area contributed by atoms with Gasteiger partial charge < -0.3 is 10.4 Å². The summed E-state index contributed by atoms with van der Waals surface area (Å²) in [6.45, 7) is 0.829. The molecular weight excluding hydrogens is 186 g/mol. The highest BCUT2D eigenvalue weighted by Crippen LogP contribution is 2.26. The number of aliphatic hydroxyl groups is 1. The Balaban J connectivity index is 1.64. The Kier molecular flexibility index (Phi) is 4.45. The zero-order valence-corrected chi connectivity index (χ0v) is 9.75. The van der Waals surface area contributed by atoms with Gasteiger partial charge in [0.2, 0.25) is 0 Å². The SMILES string of the molecule is OC(CNC1CCCC1)C1CCCCC1. The molecule has 2 saturated carbocycles. The van der Waals surface area contributed by atoms with Crippen molar-refractivity contribution in [2.45, 2.75) is 69.9 Å². The van der Waals surface area contributed by atoms with Crippen molar-refractivity contribution in [3.63, 3.8) is 0 Å². The van der Waals surface area contributed by atoms with Gasteiger partial charge in [0.25, 0.3) is 0 Å². The Labute approximate surface area is 93.5 Å². The molecule has 88 valence electrons. The fourth-order valence-electron chi connectivity index (χ4n) is 3.10. The topological polar surface area (TPSA) is 32.3 Å². The van der Waals surface area contributed by atoms with E-state index in [0.29, 0.717) is 12.0 Å². The fraction of sp³-hybridized carbons (Fsp3) is 1.00. The molecule has 0 saturated heterocycles. The Hall–Kier alpha value is -0.0800. The highest BCUT2D eigenvalue weighted by Gasteiger charge is 2.23. The van der Waals surface area contributed by atoms with Crippen LogP contribution < -0.4 is 5.32 Å². The van der Waals surface area contributed by atoms with E-state index in [1.807, 2.05) is 0 Å². The first-order valence-electron chi connectivity index (χ1n) is 6.78. The van der Waals surface area contributed by atoms with Gasteiger partial charge in [0.05, 0.1) is 6.10 Å². The Morgan fingerprint density at radius 2 is 1.53 bits per heavy atom. The first-order chi connectivity index (χ1) is 7.36. The van der Waals surface area contributed by atoms with Crippen molar-refractivity contribution in [1.82, 2.24) is 5.32 Å². The van der Waals surface area contributed by atoms with Crippen LogP contribution in [-0.4, -0.2) is 23.8 Å². The van der Waals surface area contributed by atoms with Crippen molar-refractivity contribution >= 4 is 0 Å². The zero-order valence-electron chi connectivity index (χ0n) is 9.75. The maximum absolute atomic E-state index is 10.1. The second kappa shape index (κ2) is 5.86. The van der Waals surface area contributed by atoms with Crippen LogP contribution in [0.25, 0.3) is 0 Å². The summed E-state index contributed by atoms with van der Waals surface area (Å²) in [4.78, 5) is 0. The minimum absolute atomic E-state index is 0.0918. The van der Waals surface area contributed by atoms with Crippen molar-refractivity contribution in [1.29, 1.82) is 0 Å². The van der Waals surface area contributed by atoms with E-state index in [9.17, 15) is 5.11 Å². The van der Waals surface area contributed by atoms with Crippen LogP contribution in [0.15, 0.2) is 0 Å².